The lowest BCUT2D eigenvalue weighted by Gasteiger charge is -2.24. The van der Waals surface area contributed by atoms with Gasteiger partial charge in [-0.15, -0.1) is 0 Å². The maximum atomic E-state index is 12.8. The van der Waals surface area contributed by atoms with Crippen LogP contribution in [0.2, 0.25) is 0 Å². The number of halogens is 3. The van der Waals surface area contributed by atoms with E-state index < -0.39 is 12.1 Å². The van der Waals surface area contributed by atoms with Crippen molar-refractivity contribution >= 4 is 0 Å². The molecule has 18 heavy (non-hydrogen) atoms. The summed E-state index contributed by atoms with van der Waals surface area (Å²) in [5.74, 6) is -1.30. The van der Waals surface area contributed by atoms with Crippen molar-refractivity contribution in [2.45, 2.75) is 12.7 Å². The lowest BCUT2D eigenvalue weighted by atomic mass is 10.1. The summed E-state index contributed by atoms with van der Waals surface area (Å²) in [7, 11) is 0. The van der Waals surface area contributed by atoms with Crippen LogP contribution in [0.3, 0.4) is 0 Å². The molecule has 1 aromatic heterocycles. The van der Waals surface area contributed by atoms with E-state index in [0.717, 1.165) is 5.69 Å². The number of nitrogens with zero attached hydrogens (tertiary/aromatic N) is 2. The molecule has 0 amide bonds. The largest absolute Gasteiger partial charge is 0.394 e. The predicted molar refractivity (Wildman–Crippen MR) is 61.9 cm³/mol. The highest BCUT2D eigenvalue weighted by Crippen LogP contribution is 2.27. The highest BCUT2D eigenvalue weighted by molar-refractivity contribution is 5.03. The van der Waals surface area contributed by atoms with Crippen molar-refractivity contribution in [1.29, 1.82) is 0 Å². The summed E-state index contributed by atoms with van der Waals surface area (Å²) in [5.41, 5.74) is 0.806. The second-order valence-electron chi connectivity index (χ2n) is 4.50. The number of rotatable bonds is 2. The molecule has 100 valence electrons. The number of aromatic nitrogens is 1. The summed E-state index contributed by atoms with van der Waals surface area (Å²) in [4.78, 5) is 5.95. The van der Waals surface area contributed by atoms with E-state index in [1.54, 1.807) is 17.2 Å². The molecule has 0 bridgehead atoms. The predicted octanol–water partition coefficient (Wildman–Crippen LogP) is 1.67. The molecule has 0 radical (unpaired) electrons. The Morgan fingerprint density at radius 1 is 1.39 bits per heavy atom. The first kappa shape index (κ1) is 13.3. The molecule has 1 aromatic rings. The minimum absolute atomic E-state index is 0.00220. The van der Waals surface area contributed by atoms with Gasteiger partial charge in [0.15, 0.2) is 0 Å². The minimum atomic E-state index is -4.14. The van der Waals surface area contributed by atoms with Crippen LogP contribution >= 0.6 is 0 Å². The van der Waals surface area contributed by atoms with Crippen LogP contribution in [0.15, 0.2) is 24.4 Å². The van der Waals surface area contributed by atoms with Gasteiger partial charge in [-0.2, -0.15) is 13.2 Å². The van der Waals surface area contributed by atoms with Crippen molar-refractivity contribution < 1.29 is 13.2 Å². The Bertz CT molecular complexity index is 367. The van der Waals surface area contributed by atoms with Gasteiger partial charge >= 0.3 is 6.18 Å². The maximum Gasteiger partial charge on any atom is 0.394 e. The zero-order chi connectivity index (χ0) is 13.0. The van der Waals surface area contributed by atoms with Gasteiger partial charge in [-0.1, -0.05) is 6.07 Å². The molecule has 1 N–H and O–H groups in total. The minimum Gasteiger partial charge on any atom is -0.315 e. The summed E-state index contributed by atoms with van der Waals surface area (Å²) in [6.45, 7) is 1.70. The average Bonchev–Trinajstić information content (AvgIpc) is 2.55. The van der Waals surface area contributed by atoms with Crippen LogP contribution in [0.1, 0.15) is 5.69 Å². The van der Waals surface area contributed by atoms with Crippen molar-refractivity contribution in [3.05, 3.63) is 30.1 Å². The first-order valence-corrected chi connectivity index (χ1v) is 5.95. The number of hydrogen-bond acceptors (Lipinski definition) is 3. The topological polar surface area (TPSA) is 28.2 Å². The van der Waals surface area contributed by atoms with Crippen LogP contribution in [0.25, 0.3) is 0 Å². The van der Waals surface area contributed by atoms with E-state index in [2.05, 4.69) is 10.3 Å². The Kier molecular flexibility index (Phi) is 4.19. The monoisotopic (exact) mass is 259 g/mol. The Hall–Kier alpha value is -1.14. The van der Waals surface area contributed by atoms with E-state index in [1.807, 2.05) is 12.1 Å². The average molecular weight is 259 g/mol. The molecule has 1 unspecified atom stereocenters. The first-order valence-electron chi connectivity index (χ1n) is 5.95. The molecule has 0 spiro atoms. The van der Waals surface area contributed by atoms with E-state index in [-0.39, 0.29) is 13.1 Å². The third-order valence-corrected chi connectivity index (χ3v) is 3.05. The van der Waals surface area contributed by atoms with Crippen LogP contribution in [0, 0.1) is 5.92 Å². The fourth-order valence-electron chi connectivity index (χ4n) is 2.06. The highest BCUT2D eigenvalue weighted by atomic mass is 19.4. The van der Waals surface area contributed by atoms with Crippen LogP contribution in [0.5, 0.6) is 0 Å². The van der Waals surface area contributed by atoms with E-state index in [1.165, 1.54) is 0 Å². The number of nitrogens with one attached hydrogen (secondary N) is 1. The molecule has 1 aliphatic rings. The molecule has 2 rings (SSSR count). The second kappa shape index (κ2) is 5.67. The second-order valence-corrected chi connectivity index (χ2v) is 4.50. The van der Waals surface area contributed by atoms with Gasteiger partial charge in [0, 0.05) is 38.9 Å². The molecular formula is C12H16F3N3. The van der Waals surface area contributed by atoms with Crippen molar-refractivity contribution in [2.24, 2.45) is 5.92 Å². The van der Waals surface area contributed by atoms with E-state index in [9.17, 15) is 13.2 Å². The van der Waals surface area contributed by atoms with Gasteiger partial charge in [0.05, 0.1) is 11.6 Å². The SMILES string of the molecule is FC(F)(F)C1CNCCN(Cc2ccccn2)C1. The van der Waals surface area contributed by atoms with Crippen molar-refractivity contribution in [2.75, 3.05) is 26.2 Å². The summed E-state index contributed by atoms with van der Waals surface area (Å²) >= 11 is 0. The molecule has 6 heteroatoms. The molecule has 1 aliphatic heterocycles. The fraction of sp³-hybridized carbons (Fsp3) is 0.583. The zero-order valence-corrected chi connectivity index (χ0v) is 9.95. The van der Waals surface area contributed by atoms with Crippen LogP contribution in [-0.2, 0) is 6.54 Å². The summed E-state index contributed by atoms with van der Waals surface area (Å²) in [6, 6.07) is 5.48. The Labute approximate surface area is 104 Å². The highest BCUT2D eigenvalue weighted by Gasteiger charge is 2.40. The standard InChI is InChI=1S/C12H16F3N3/c13-12(14,15)10-7-16-5-6-18(8-10)9-11-3-1-2-4-17-11/h1-4,10,16H,5-9H2. The lowest BCUT2D eigenvalue weighted by molar-refractivity contribution is -0.176. The van der Waals surface area contributed by atoms with Crippen LogP contribution in [0.4, 0.5) is 13.2 Å². The molecule has 1 atom stereocenters. The number of hydrogen-bond donors (Lipinski definition) is 1. The summed E-state index contributed by atoms with van der Waals surface area (Å²) < 4.78 is 38.3. The van der Waals surface area contributed by atoms with Gasteiger partial charge in [0.1, 0.15) is 0 Å². The molecule has 2 heterocycles. The molecule has 3 nitrogen and oxygen atoms in total. The third kappa shape index (κ3) is 3.68. The van der Waals surface area contributed by atoms with Gasteiger partial charge in [-0.3, -0.25) is 9.88 Å². The molecular weight excluding hydrogens is 243 g/mol. The lowest BCUT2D eigenvalue weighted by Crippen LogP contribution is -2.37. The Morgan fingerprint density at radius 3 is 2.89 bits per heavy atom. The van der Waals surface area contributed by atoms with E-state index in [4.69, 9.17) is 0 Å². The van der Waals surface area contributed by atoms with Gasteiger partial charge in [-0.25, -0.2) is 0 Å². The molecule has 1 saturated heterocycles. The van der Waals surface area contributed by atoms with Crippen molar-refractivity contribution in [3.63, 3.8) is 0 Å². The molecule has 0 aromatic carbocycles. The van der Waals surface area contributed by atoms with Gasteiger partial charge in [0.25, 0.3) is 0 Å². The number of pyridine rings is 1. The normalized spacial score (nSPS) is 22.7. The maximum absolute atomic E-state index is 12.8. The van der Waals surface area contributed by atoms with Gasteiger partial charge in [0.2, 0.25) is 0 Å². The summed E-state index contributed by atoms with van der Waals surface area (Å²) in [5, 5.41) is 2.84. The van der Waals surface area contributed by atoms with Gasteiger partial charge < -0.3 is 5.32 Å². The number of alkyl halides is 3. The Balaban J connectivity index is 1.99. The van der Waals surface area contributed by atoms with Crippen LogP contribution in [-0.4, -0.2) is 42.2 Å². The smallest absolute Gasteiger partial charge is 0.315 e. The zero-order valence-electron chi connectivity index (χ0n) is 9.95. The fourth-order valence-corrected chi connectivity index (χ4v) is 2.06. The third-order valence-electron chi connectivity index (χ3n) is 3.05. The van der Waals surface area contributed by atoms with E-state index in [0.29, 0.717) is 19.6 Å². The first-order chi connectivity index (χ1) is 8.55. The van der Waals surface area contributed by atoms with Crippen molar-refractivity contribution in [3.8, 4) is 0 Å². The summed E-state index contributed by atoms with van der Waals surface area (Å²) in [6.07, 6.45) is -2.48. The quantitative estimate of drug-likeness (QED) is 0.875. The molecule has 0 aliphatic carbocycles. The molecule has 1 fully saturated rings. The van der Waals surface area contributed by atoms with Crippen molar-refractivity contribution in [1.82, 2.24) is 15.2 Å². The van der Waals surface area contributed by atoms with E-state index >= 15 is 0 Å². The Morgan fingerprint density at radius 2 is 2.22 bits per heavy atom. The van der Waals surface area contributed by atoms with Crippen LogP contribution < -0.4 is 5.32 Å². The van der Waals surface area contributed by atoms with Gasteiger partial charge in [-0.05, 0) is 12.1 Å². The molecule has 0 saturated carbocycles.